The third kappa shape index (κ3) is 23.7. The summed E-state index contributed by atoms with van der Waals surface area (Å²) in [6, 6.07) is 7.72. The molecule has 0 N–H and O–H groups in total. The summed E-state index contributed by atoms with van der Waals surface area (Å²) in [5, 5.41) is 0. The van der Waals surface area contributed by atoms with E-state index in [9.17, 15) is 57.5 Å². The highest BCUT2D eigenvalue weighted by Gasteiger charge is 2.36. The molecule has 3 aliphatic carbocycles. The van der Waals surface area contributed by atoms with Crippen molar-refractivity contribution >= 4 is 71.6 Å². The van der Waals surface area contributed by atoms with Gasteiger partial charge in [0.2, 0.25) is 0 Å². The molecule has 2 aromatic rings. The van der Waals surface area contributed by atoms with Gasteiger partial charge >= 0.3 is 71.6 Å². The molecule has 0 saturated heterocycles. The molecule has 5 rings (SSSR count). The lowest BCUT2D eigenvalue weighted by Gasteiger charge is -2.26. The molecule has 0 amide bonds. The maximum atomic E-state index is 13.8. The van der Waals surface area contributed by atoms with Gasteiger partial charge in [0.05, 0.1) is 75.1 Å². The summed E-state index contributed by atoms with van der Waals surface area (Å²) in [4.78, 5) is 152. The minimum atomic E-state index is -0.912. The topological polar surface area (TPSA) is 316 Å². The third-order valence-electron chi connectivity index (χ3n) is 14.7. The number of ether oxygens (including phenoxy) is 12. The van der Waals surface area contributed by atoms with Crippen molar-refractivity contribution in [2.45, 2.75) is 116 Å². The fraction of sp³-hybridized carbons (Fsp3) is 0.500. The molecule has 0 bridgehead atoms. The van der Waals surface area contributed by atoms with E-state index in [-0.39, 0.29) is 119 Å². The molecule has 3 fully saturated rings. The summed E-state index contributed by atoms with van der Waals surface area (Å²) in [7, 11) is 0. The van der Waals surface area contributed by atoms with Crippen LogP contribution in [0.1, 0.15) is 136 Å². The van der Waals surface area contributed by atoms with Gasteiger partial charge in [-0.1, -0.05) is 26.3 Å². The van der Waals surface area contributed by atoms with Gasteiger partial charge in [-0.15, -0.1) is 0 Å². The first kappa shape index (κ1) is 69.8. The van der Waals surface area contributed by atoms with E-state index in [4.69, 9.17) is 56.8 Å². The Morgan fingerprint density at radius 3 is 0.852 bits per heavy atom. The van der Waals surface area contributed by atoms with Gasteiger partial charge in [-0.25, -0.2) is 28.8 Å². The summed E-state index contributed by atoms with van der Waals surface area (Å²) in [6.45, 7) is 13.3. The zero-order valence-electron chi connectivity index (χ0n) is 49.2. The van der Waals surface area contributed by atoms with Crippen LogP contribution >= 0.6 is 0 Å². The molecule has 24 nitrogen and oxygen atoms in total. The van der Waals surface area contributed by atoms with Gasteiger partial charge in [-0.3, -0.25) is 28.8 Å². The van der Waals surface area contributed by atoms with Crippen LogP contribution in [0.2, 0.25) is 0 Å². The van der Waals surface area contributed by atoms with Gasteiger partial charge in [0.15, 0.2) is 0 Å². The van der Waals surface area contributed by atoms with Crippen molar-refractivity contribution < 1.29 is 114 Å². The lowest BCUT2D eigenvalue weighted by atomic mass is 9.82. The summed E-state index contributed by atoms with van der Waals surface area (Å²) in [5.41, 5.74) is -0.462. The monoisotopic (exact) mass is 1230 g/mol. The lowest BCUT2D eigenvalue weighted by Crippen LogP contribution is -2.31. The third-order valence-corrected chi connectivity index (χ3v) is 14.7. The van der Waals surface area contributed by atoms with Crippen molar-refractivity contribution in [3.05, 3.63) is 98.1 Å². The highest BCUT2D eigenvalue weighted by atomic mass is 16.6. The van der Waals surface area contributed by atoms with E-state index in [0.29, 0.717) is 89.9 Å². The van der Waals surface area contributed by atoms with Crippen LogP contribution in [-0.4, -0.2) is 124 Å². The highest BCUT2D eigenvalue weighted by Crippen LogP contribution is 2.37. The largest absolute Gasteiger partial charge is 0.465 e. The van der Waals surface area contributed by atoms with Gasteiger partial charge in [0, 0.05) is 24.3 Å². The standard InChI is InChI=1S/C64H76O24/c1-5-53(65)77-31-9-12-34-81-57(69)41-15-19-43(20-16-41)59(71)85-47-27-29-51(49(39-47)63(75)82-35-13-10-32-78-54(66)6-2)87-61(73)45-23-25-46(26-24-45)62(74)88-52-30-28-48(40-50(52)64(76)83-36-14-11-33-79-55(67)7-3)86-60(72)44-21-17-42(18-22-44)58(70)84-38-37-80-56(68)8-4/h5-8,27-30,39-46H,1-4,9-26,31-38H2. The van der Waals surface area contributed by atoms with Gasteiger partial charge < -0.3 is 56.8 Å². The Morgan fingerprint density at radius 2 is 0.545 bits per heavy atom. The molecule has 3 aliphatic rings. The first-order valence-corrected chi connectivity index (χ1v) is 29.4. The molecule has 0 radical (unpaired) electrons. The predicted molar refractivity (Wildman–Crippen MR) is 307 cm³/mol. The Labute approximate surface area is 509 Å². The number of esters is 12. The number of rotatable bonds is 34. The minimum absolute atomic E-state index is 0.0384. The lowest BCUT2D eigenvalue weighted by molar-refractivity contribution is -0.155. The summed E-state index contributed by atoms with van der Waals surface area (Å²) in [6.07, 6.45) is 9.67. The average Bonchev–Trinajstić information content (AvgIpc) is 3.75. The van der Waals surface area contributed by atoms with Gasteiger partial charge in [-0.05, 0) is 152 Å². The molecule has 3 saturated carbocycles. The van der Waals surface area contributed by atoms with E-state index in [1.807, 2.05) is 0 Å². The summed E-state index contributed by atoms with van der Waals surface area (Å²) in [5.74, 6) is -11.7. The molecule has 0 unspecified atom stereocenters. The van der Waals surface area contributed by atoms with Crippen LogP contribution in [0, 0.1) is 35.5 Å². The maximum Gasteiger partial charge on any atom is 0.342 e. The van der Waals surface area contributed by atoms with E-state index >= 15 is 0 Å². The van der Waals surface area contributed by atoms with E-state index < -0.39 is 101 Å². The number of unbranched alkanes of at least 4 members (excludes halogenated alkanes) is 3. The SMILES string of the molecule is C=CC(=O)OCCCCOC(=O)c1cc(OC(=O)C2CCC(C(=O)OCCCCOC(=O)C=C)CC2)ccc1OC(=O)C1CCC(C(=O)Oc2ccc(OC(=O)C3CCC(C(=O)OCCOC(=O)C=C)CC3)cc2C(=O)OCCCCOC(=O)C=C)CC1. The average molecular weight is 1230 g/mol. The molecule has 476 valence electrons. The Hall–Kier alpha value is -8.96. The molecule has 0 aromatic heterocycles. The number of hydrogen-bond acceptors (Lipinski definition) is 24. The first-order chi connectivity index (χ1) is 42.4. The van der Waals surface area contributed by atoms with Crippen molar-refractivity contribution in [2.75, 3.05) is 52.9 Å². The van der Waals surface area contributed by atoms with Gasteiger partial charge in [0.25, 0.3) is 0 Å². The Kier molecular flexibility index (Phi) is 29.8. The second-order valence-electron chi connectivity index (χ2n) is 20.9. The second-order valence-corrected chi connectivity index (χ2v) is 20.9. The molecule has 0 atom stereocenters. The van der Waals surface area contributed by atoms with Crippen LogP contribution < -0.4 is 18.9 Å². The van der Waals surface area contributed by atoms with E-state index in [1.165, 1.54) is 36.4 Å². The van der Waals surface area contributed by atoms with Crippen LogP contribution in [0.3, 0.4) is 0 Å². The molecule has 0 spiro atoms. The van der Waals surface area contributed by atoms with Crippen molar-refractivity contribution in [3.8, 4) is 23.0 Å². The number of carbonyl (C=O) groups excluding carboxylic acids is 12. The zero-order valence-corrected chi connectivity index (χ0v) is 49.2. The molecule has 24 heteroatoms. The fourth-order valence-electron chi connectivity index (χ4n) is 9.66. The fourth-order valence-corrected chi connectivity index (χ4v) is 9.66. The molecular formula is C64H76O24. The molecule has 2 aromatic carbocycles. The summed E-state index contributed by atoms with van der Waals surface area (Å²) < 4.78 is 64.3. The number of hydrogen-bond donors (Lipinski definition) is 0. The predicted octanol–water partition coefficient (Wildman–Crippen LogP) is 8.09. The normalized spacial score (nSPS) is 18.6. The second kappa shape index (κ2) is 37.6. The van der Waals surface area contributed by atoms with Crippen LogP contribution in [0.15, 0.2) is 87.0 Å². The van der Waals surface area contributed by atoms with Crippen molar-refractivity contribution in [1.82, 2.24) is 0 Å². The minimum Gasteiger partial charge on any atom is -0.465 e. The Morgan fingerprint density at radius 1 is 0.307 bits per heavy atom. The maximum absolute atomic E-state index is 13.8. The van der Waals surface area contributed by atoms with Crippen LogP contribution in [0.25, 0.3) is 0 Å². The quantitative estimate of drug-likeness (QED) is 0.0210. The number of benzene rings is 2. The van der Waals surface area contributed by atoms with Crippen molar-refractivity contribution in [3.63, 3.8) is 0 Å². The van der Waals surface area contributed by atoms with Crippen LogP contribution in [0.4, 0.5) is 0 Å². The molecule has 88 heavy (non-hydrogen) atoms. The smallest absolute Gasteiger partial charge is 0.342 e. The number of carbonyl (C=O) groups is 12. The molecule has 0 heterocycles. The molecule has 0 aliphatic heterocycles. The van der Waals surface area contributed by atoms with Gasteiger partial charge in [-0.2, -0.15) is 0 Å². The highest BCUT2D eigenvalue weighted by molar-refractivity contribution is 5.95. The van der Waals surface area contributed by atoms with Crippen LogP contribution in [0.5, 0.6) is 23.0 Å². The van der Waals surface area contributed by atoms with Crippen molar-refractivity contribution in [1.29, 1.82) is 0 Å². The molecular weight excluding hydrogens is 1150 g/mol. The Bertz CT molecular complexity index is 2830. The van der Waals surface area contributed by atoms with E-state index in [0.717, 1.165) is 24.3 Å². The van der Waals surface area contributed by atoms with E-state index in [1.54, 1.807) is 0 Å². The Balaban J connectivity index is 1.18. The first-order valence-electron chi connectivity index (χ1n) is 29.4. The summed E-state index contributed by atoms with van der Waals surface area (Å²) >= 11 is 0. The van der Waals surface area contributed by atoms with E-state index in [2.05, 4.69) is 26.3 Å². The van der Waals surface area contributed by atoms with Crippen LogP contribution in [-0.2, 0) is 85.8 Å². The van der Waals surface area contributed by atoms with Crippen molar-refractivity contribution in [2.24, 2.45) is 35.5 Å². The van der Waals surface area contributed by atoms with Gasteiger partial charge in [0.1, 0.15) is 47.3 Å². The zero-order chi connectivity index (χ0) is 63.8.